The molecule has 1 aliphatic rings. The number of nitrogens with one attached hydrogen (secondary N) is 1. The fourth-order valence-corrected chi connectivity index (χ4v) is 5.32. The number of morpholine rings is 1. The highest BCUT2D eigenvalue weighted by molar-refractivity contribution is 7.89. The van der Waals surface area contributed by atoms with Crippen molar-refractivity contribution < 1.29 is 22.7 Å². The molecule has 0 saturated carbocycles. The van der Waals surface area contributed by atoms with E-state index in [1.165, 1.54) is 29.6 Å². The molecule has 1 saturated heterocycles. The van der Waals surface area contributed by atoms with Gasteiger partial charge in [0.2, 0.25) is 10.0 Å². The molecule has 0 spiro atoms. The Morgan fingerprint density at radius 3 is 2.74 bits per heavy atom. The molecule has 1 aromatic heterocycles. The molecular formula is C17H20ClN3O5S. The molecule has 0 aliphatic carbocycles. The van der Waals surface area contributed by atoms with Crippen LogP contribution in [0.5, 0.6) is 0 Å². The van der Waals surface area contributed by atoms with Crippen LogP contribution in [0.4, 0.5) is 0 Å². The molecule has 0 radical (unpaired) electrons. The topological polar surface area (TPSA) is 102 Å². The molecule has 2 heterocycles. The van der Waals surface area contributed by atoms with Gasteiger partial charge in [-0.15, -0.1) is 0 Å². The number of esters is 1. The van der Waals surface area contributed by atoms with Gasteiger partial charge in [-0.25, -0.2) is 13.2 Å². The summed E-state index contributed by atoms with van der Waals surface area (Å²) < 4.78 is 38.2. The predicted molar refractivity (Wildman–Crippen MR) is 98.3 cm³/mol. The normalized spacial score (nSPS) is 18.4. The Morgan fingerprint density at radius 1 is 1.41 bits per heavy atom. The Morgan fingerprint density at radius 2 is 2.15 bits per heavy atom. The van der Waals surface area contributed by atoms with Crippen LogP contribution in [-0.4, -0.2) is 55.8 Å². The first kappa shape index (κ1) is 19.8. The molecule has 1 fully saturated rings. The summed E-state index contributed by atoms with van der Waals surface area (Å²) in [5.41, 5.74) is 2.48. The number of carbonyl (C=O) groups is 1. The molecular weight excluding hydrogens is 394 g/mol. The number of halogens is 1. The Labute approximate surface area is 162 Å². The summed E-state index contributed by atoms with van der Waals surface area (Å²) >= 11 is 6.21. The van der Waals surface area contributed by atoms with E-state index in [1.54, 1.807) is 0 Å². The van der Waals surface area contributed by atoms with Crippen LogP contribution in [0.25, 0.3) is 0 Å². The second kappa shape index (κ2) is 7.59. The quantitative estimate of drug-likeness (QED) is 0.771. The molecule has 1 aliphatic heterocycles. The number of H-pyrrole nitrogens is 1. The van der Waals surface area contributed by atoms with E-state index in [2.05, 4.69) is 14.9 Å². The number of hydrogen-bond donors (Lipinski definition) is 1. The monoisotopic (exact) mass is 413 g/mol. The van der Waals surface area contributed by atoms with Crippen molar-refractivity contribution in [3.63, 3.8) is 0 Å². The van der Waals surface area contributed by atoms with Crippen LogP contribution in [-0.2, 0) is 19.5 Å². The third-order valence-corrected chi connectivity index (χ3v) is 6.93. The average Bonchev–Trinajstić information content (AvgIpc) is 2.99. The SMILES string of the molecule is COC(=O)c1ccc(S(=O)(=O)N2CCOCC2c2c(C)n[nH]c2C)c(Cl)c1. The maximum absolute atomic E-state index is 13.3. The fraction of sp³-hybridized carbons (Fsp3) is 0.412. The summed E-state index contributed by atoms with van der Waals surface area (Å²) in [5, 5.41) is 7.00. The van der Waals surface area contributed by atoms with Crippen LogP contribution >= 0.6 is 11.6 Å². The first-order valence-corrected chi connectivity index (χ1v) is 10.1. The van der Waals surface area contributed by atoms with Crippen molar-refractivity contribution in [3.05, 3.63) is 45.7 Å². The number of rotatable bonds is 4. The van der Waals surface area contributed by atoms with E-state index in [0.717, 1.165) is 17.0 Å². The molecule has 8 nitrogen and oxygen atoms in total. The van der Waals surface area contributed by atoms with E-state index in [4.69, 9.17) is 16.3 Å². The Bertz CT molecular complexity index is 953. The summed E-state index contributed by atoms with van der Waals surface area (Å²) in [6.45, 7) is 4.34. The lowest BCUT2D eigenvalue weighted by atomic mass is 10.1. The number of nitrogens with zero attached hydrogens (tertiary/aromatic N) is 2. The minimum absolute atomic E-state index is 0.0382. The van der Waals surface area contributed by atoms with Gasteiger partial charge in [-0.05, 0) is 32.0 Å². The lowest BCUT2D eigenvalue weighted by Gasteiger charge is -2.35. The summed E-state index contributed by atoms with van der Waals surface area (Å²) in [6.07, 6.45) is 0. The van der Waals surface area contributed by atoms with E-state index in [-0.39, 0.29) is 35.2 Å². The molecule has 0 amide bonds. The van der Waals surface area contributed by atoms with Crippen molar-refractivity contribution >= 4 is 27.6 Å². The van der Waals surface area contributed by atoms with Gasteiger partial charge in [-0.1, -0.05) is 11.6 Å². The maximum atomic E-state index is 13.3. The number of sulfonamides is 1. The molecule has 1 aromatic carbocycles. The van der Waals surface area contributed by atoms with Gasteiger partial charge >= 0.3 is 5.97 Å². The van der Waals surface area contributed by atoms with Gasteiger partial charge in [0.25, 0.3) is 0 Å². The largest absolute Gasteiger partial charge is 0.465 e. The van der Waals surface area contributed by atoms with Crippen LogP contribution in [0.1, 0.15) is 33.4 Å². The second-order valence-electron chi connectivity index (χ2n) is 6.19. The summed E-state index contributed by atoms with van der Waals surface area (Å²) in [7, 11) is -2.68. The molecule has 146 valence electrons. The van der Waals surface area contributed by atoms with Crippen LogP contribution in [0.2, 0.25) is 5.02 Å². The summed E-state index contributed by atoms with van der Waals surface area (Å²) in [4.78, 5) is 11.6. The van der Waals surface area contributed by atoms with Crippen molar-refractivity contribution in [2.24, 2.45) is 0 Å². The van der Waals surface area contributed by atoms with E-state index >= 15 is 0 Å². The van der Waals surface area contributed by atoms with Gasteiger partial charge < -0.3 is 9.47 Å². The first-order chi connectivity index (χ1) is 12.8. The third-order valence-electron chi connectivity index (χ3n) is 4.54. The van der Waals surface area contributed by atoms with Gasteiger partial charge in [0.1, 0.15) is 4.90 Å². The minimum Gasteiger partial charge on any atom is -0.465 e. The maximum Gasteiger partial charge on any atom is 0.337 e. The standard InChI is InChI=1S/C17H20ClN3O5S/c1-10-16(11(2)20-19-10)14-9-26-7-6-21(14)27(23,24)15-5-4-12(8-13(15)18)17(22)25-3/h4-5,8,14H,6-7,9H2,1-3H3,(H,19,20). The minimum atomic E-state index is -3.92. The molecule has 0 bridgehead atoms. The van der Waals surface area contributed by atoms with Crippen LogP contribution in [0.3, 0.4) is 0 Å². The zero-order chi connectivity index (χ0) is 19.8. The number of methoxy groups -OCH3 is 1. The third kappa shape index (κ3) is 3.60. The van der Waals surface area contributed by atoms with E-state index < -0.39 is 22.0 Å². The van der Waals surface area contributed by atoms with E-state index in [1.807, 2.05) is 13.8 Å². The van der Waals surface area contributed by atoms with E-state index in [9.17, 15) is 13.2 Å². The smallest absolute Gasteiger partial charge is 0.337 e. The lowest BCUT2D eigenvalue weighted by molar-refractivity contribution is 0.0316. The lowest BCUT2D eigenvalue weighted by Crippen LogP contribution is -2.43. The van der Waals surface area contributed by atoms with Crippen molar-refractivity contribution in [2.45, 2.75) is 24.8 Å². The molecule has 27 heavy (non-hydrogen) atoms. The Kier molecular flexibility index (Phi) is 5.57. The fourth-order valence-electron chi connectivity index (χ4n) is 3.24. The molecule has 1 N–H and O–H groups in total. The molecule has 10 heteroatoms. The Balaban J connectivity index is 2.03. The van der Waals surface area contributed by atoms with Gasteiger partial charge in [-0.2, -0.15) is 9.40 Å². The van der Waals surface area contributed by atoms with Gasteiger partial charge in [-0.3, -0.25) is 5.10 Å². The summed E-state index contributed by atoms with van der Waals surface area (Å²) in [6, 6.07) is 3.49. The highest BCUT2D eigenvalue weighted by atomic mass is 35.5. The van der Waals surface area contributed by atoms with Gasteiger partial charge in [0.15, 0.2) is 0 Å². The number of aryl methyl sites for hydroxylation is 2. The van der Waals surface area contributed by atoms with Crippen molar-refractivity contribution in [1.82, 2.24) is 14.5 Å². The van der Waals surface area contributed by atoms with Crippen molar-refractivity contribution in [2.75, 3.05) is 26.9 Å². The summed E-state index contributed by atoms with van der Waals surface area (Å²) in [5.74, 6) is -0.588. The predicted octanol–water partition coefficient (Wildman–Crippen LogP) is 2.23. The molecule has 3 rings (SSSR count). The Hall–Kier alpha value is -1.94. The number of ether oxygens (including phenoxy) is 2. The molecule has 1 atom stereocenters. The van der Waals surface area contributed by atoms with Crippen LogP contribution in [0, 0.1) is 13.8 Å². The zero-order valence-corrected chi connectivity index (χ0v) is 16.7. The second-order valence-corrected chi connectivity index (χ2v) is 8.46. The van der Waals surface area contributed by atoms with Crippen molar-refractivity contribution in [1.29, 1.82) is 0 Å². The van der Waals surface area contributed by atoms with Crippen LogP contribution < -0.4 is 0 Å². The zero-order valence-electron chi connectivity index (χ0n) is 15.2. The number of benzene rings is 1. The number of carbonyl (C=O) groups excluding carboxylic acids is 1. The average molecular weight is 414 g/mol. The highest BCUT2D eigenvalue weighted by Crippen LogP contribution is 2.35. The number of aromatic amines is 1. The van der Waals surface area contributed by atoms with Crippen LogP contribution in [0.15, 0.2) is 23.1 Å². The number of aromatic nitrogens is 2. The van der Waals surface area contributed by atoms with Gasteiger partial charge in [0, 0.05) is 17.8 Å². The van der Waals surface area contributed by atoms with E-state index in [0.29, 0.717) is 0 Å². The molecule has 1 unspecified atom stereocenters. The van der Waals surface area contributed by atoms with Gasteiger partial charge in [0.05, 0.1) is 42.6 Å². The number of hydrogen-bond acceptors (Lipinski definition) is 6. The highest BCUT2D eigenvalue weighted by Gasteiger charge is 2.38. The van der Waals surface area contributed by atoms with Crippen molar-refractivity contribution in [3.8, 4) is 0 Å². The first-order valence-electron chi connectivity index (χ1n) is 8.26. The molecule has 2 aromatic rings.